The lowest BCUT2D eigenvalue weighted by Gasteiger charge is -2.06. The van der Waals surface area contributed by atoms with E-state index in [4.69, 9.17) is 17.3 Å². The first-order valence-corrected chi connectivity index (χ1v) is 7.04. The lowest BCUT2D eigenvalue weighted by atomic mass is 10.1. The van der Waals surface area contributed by atoms with Gasteiger partial charge in [-0.3, -0.25) is 10.3 Å². The van der Waals surface area contributed by atoms with E-state index in [2.05, 4.69) is 20.3 Å². The standard InChI is InChI=1S/C15H18ClN5/c1-10-9-11(2)20-15(19-10)21-14(17)18-8-7-12-3-5-13(16)6-4-12/h3-6,9H,7-8H2,1-2H3,(H3,17,18,19,20,21). The largest absolute Gasteiger partial charge is 0.370 e. The molecule has 0 aliphatic heterocycles. The summed E-state index contributed by atoms with van der Waals surface area (Å²) in [6.45, 7) is 4.41. The molecule has 0 atom stereocenters. The predicted molar refractivity (Wildman–Crippen MR) is 86.8 cm³/mol. The van der Waals surface area contributed by atoms with Crippen LogP contribution in [0.25, 0.3) is 0 Å². The van der Waals surface area contributed by atoms with Crippen molar-refractivity contribution >= 4 is 23.5 Å². The third-order valence-electron chi connectivity index (χ3n) is 2.82. The van der Waals surface area contributed by atoms with Crippen molar-refractivity contribution in [1.82, 2.24) is 9.97 Å². The summed E-state index contributed by atoms with van der Waals surface area (Å²) in [5.74, 6) is 0.786. The van der Waals surface area contributed by atoms with E-state index in [1.165, 1.54) is 5.56 Å². The van der Waals surface area contributed by atoms with Crippen molar-refractivity contribution in [1.29, 1.82) is 0 Å². The number of nitrogens with one attached hydrogen (secondary N) is 1. The van der Waals surface area contributed by atoms with Crippen LogP contribution in [0.4, 0.5) is 5.95 Å². The normalized spacial score (nSPS) is 11.5. The molecule has 2 rings (SSSR count). The molecule has 0 aliphatic carbocycles. The van der Waals surface area contributed by atoms with Gasteiger partial charge in [-0.2, -0.15) is 0 Å². The van der Waals surface area contributed by atoms with Crippen molar-refractivity contribution in [3.05, 3.63) is 52.3 Å². The first kappa shape index (κ1) is 15.3. The van der Waals surface area contributed by atoms with Crippen LogP contribution >= 0.6 is 11.6 Å². The Morgan fingerprint density at radius 3 is 2.43 bits per heavy atom. The number of aliphatic imine (C=N–C) groups is 1. The number of rotatable bonds is 4. The van der Waals surface area contributed by atoms with Crippen LogP contribution in [-0.4, -0.2) is 22.5 Å². The summed E-state index contributed by atoms with van der Waals surface area (Å²) in [4.78, 5) is 12.8. The molecule has 5 nitrogen and oxygen atoms in total. The third kappa shape index (κ3) is 5.04. The summed E-state index contributed by atoms with van der Waals surface area (Å²) in [6, 6.07) is 9.60. The molecule has 1 heterocycles. The molecule has 0 saturated heterocycles. The molecular weight excluding hydrogens is 286 g/mol. The molecule has 1 aromatic heterocycles. The maximum absolute atomic E-state index is 5.84. The number of aryl methyl sites for hydroxylation is 2. The van der Waals surface area contributed by atoms with E-state index >= 15 is 0 Å². The highest BCUT2D eigenvalue weighted by molar-refractivity contribution is 6.30. The van der Waals surface area contributed by atoms with E-state index < -0.39 is 0 Å². The fraction of sp³-hybridized carbons (Fsp3) is 0.267. The molecule has 21 heavy (non-hydrogen) atoms. The van der Waals surface area contributed by atoms with E-state index in [-0.39, 0.29) is 0 Å². The maximum Gasteiger partial charge on any atom is 0.229 e. The topological polar surface area (TPSA) is 76.2 Å². The highest BCUT2D eigenvalue weighted by Crippen LogP contribution is 2.10. The first-order chi connectivity index (χ1) is 10.0. The van der Waals surface area contributed by atoms with Gasteiger partial charge in [-0.05, 0) is 44.0 Å². The number of hydrogen-bond donors (Lipinski definition) is 2. The van der Waals surface area contributed by atoms with Crippen LogP contribution in [0.1, 0.15) is 17.0 Å². The highest BCUT2D eigenvalue weighted by Gasteiger charge is 2.00. The van der Waals surface area contributed by atoms with Crippen LogP contribution in [0.5, 0.6) is 0 Å². The number of halogens is 1. The van der Waals surface area contributed by atoms with Crippen LogP contribution in [0.3, 0.4) is 0 Å². The van der Waals surface area contributed by atoms with Gasteiger partial charge in [0.2, 0.25) is 5.95 Å². The minimum absolute atomic E-state index is 0.314. The van der Waals surface area contributed by atoms with Gasteiger partial charge in [0, 0.05) is 23.0 Å². The molecular formula is C15H18ClN5. The van der Waals surface area contributed by atoms with E-state index in [0.717, 1.165) is 22.8 Å². The summed E-state index contributed by atoms with van der Waals surface area (Å²) in [5, 5.41) is 3.64. The van der Waals surface area contributed by atoms with Crippen LogP contribution in [0.15, 0.2) is 35.3 Å². The Bertz CT molecular complexity index is 617. The Balaban J connectivity index is 1.90. The summed E-state index contributed by atoms with van der Waals surface area (Å²) in [5.41, 5.74) is 8.77. The van der Waals surface area contributed by atoms with Crippen molar-refractivity contribution in [3.8, 4) is 0 Å². The Hall–Kier alpha value is -2.14. The van der Waals surface area contributed by atoms with Gasteiger partial charge in [0.15, 0.2) is 5.96 Å². The van der Waals surface area contributed by atoms with Gasteiger partial charge >= 0.3 is 0 Å². The molecule has 0 saturated carbocycles. The Morgan fingerprint density at radius 2 is 1.81 bits per heavy atom. The molecule has 0 spiro atoms. The molecule has 0 amide bonds. The van der Waals surface area contributed by atoms with Crippen LogP contribution in [-0.2, 0) is 6.42 Å². The Kier molecular flexibility index (Phi) is 5.11. The number of nitrogens with zero attached hydrogens (tertiary/aromatic N) is 3. The number of benzene rings is 1. The van der Waals surface area contributed by atoms with Gasteiger partial charge in [0.25, 0.3) is 0 Å². The number of hydrogen-bond acceptors (Lipinski definition) is 3. The zero-order valence-corrected chi connectivity index (χ0v) is 12.9. The quantitative estimate of drug-likeness (QED) is 0.672. The van der Waals surface area contributed by atoms with E-state index in [9.17, 15) is 0 Å². The molecule has 1 aromatic carbocycles. The van der Waals surface area contributed by atoms with Crippen molar-refractivity contribution in [2.75, 3.05) is 11.9 Å². The molecule has 2 aromatic rings. The molecule has 0 unspecified atom stereocenters. The second kappa shape index (κ2) is 7.04. The summed E-state index contributed by atoms with van der Waals surface area (Å²) < 4.78 is 0. The smallest absolute Gasteiger partial charge is 0.229 e. The van der Waals surface area contributed by atoms with Gasteiger partial charge in [-0.15, -0.1) is 0 Å². The summed E-state index contributed by atoms with van der Waals surface area (Å²) in [7, 11) is 0. The zero-order chi connectivity index (χ0) is 15.2. The lowest BCUT2D eigenvalue weighted by Crippen LogP contribution is -2.24. The van der Waals surface area contributed by atoms with Crippen LogP contribution in [0.2, 0.25) is 5.02 Å². The van der Waals surface area contributed by atoms with Gasteiger partial charge in [0.1, 0.15) is 0 Å². The second-order valence-electron chi connectivity index (χ2n) is 4.74. The van der Waals surface area contributed by atoms with Crippen LogP contribution < -0.4 is 11.1 Å². The number of anilines is 1. The molecule has 6 heteroatoms. The molecule has 0 radical (unpaired) electrons. The second-order valence-corrected chi connectivity index (χ2v) is 5.18. The summed E-state index contributed by atoms with van der Waals surface area (Å²) in [6.07, 6.45) is 0.799. The zero-order valence-electron chi connectivity index (χ0n) is 12.1. The molecule has 0 bridgehead atoms. The average molecular weight is 304 g/mol. The van der Waals surface area contributed by atoms with Crippen LogP contribution in [0, 0.1) is 13.8 Å². The van der Waals surface area contributed by atoms with Gasteiger partial charge < -0.3 is 5.73 Å². The third-order valence-corrected chi connectivity index (χ3v) is 3.07. The van der Waals surface area contributed by atoms with Crippen molar-refractivity contribution in [2.45, 2.75) is 20.3 Å². The number of guanidine groups is 1. The Labute approximate surface area is 129 Å². The fourth-order valence-corrected chi connectivity index (χ4v) is 2.02. The van der Waals surface area contributed by atoms with E-state index in [1.807, 2.05) is 44.2 Å². The summed E-state index contributed by atoms with van der Waals surface area (Å²) >= 11 is 5.84. The average Bonchev–Trinajstić information content (AvgIpc) is 2.39. The molecule has 0 aliphatic rings. The van der Waals surface area contributed by atoms with E-state index in [0.29, 0.717) is 18.5 Å². The molecule has 3 N–H and O–H groups in total. The number of aromatic nitrogens is 2. The first-order valence-electron chi connectivity index (χ1n) is 6.66. The van der Waals surface area contributed by atoms with Crippen molar-refractivity contribution in [3.63, 3.8) is 0 Å². The maximum atomic E-state index is 5.84. The van der Waals surface area contributed by atoms with E-state index in [1.54, 1.807) is 0 Å². The SMILES string of the molecule is Cc1cc(C)nc(NC(N)=NCCc2ccc(Cl)cc2)n1. The minimum Gasteiger partial charge on any atom is -0.370 e. The van der Waals surface area contributed by atoms with Crippen molar-refractivity contribution in [2.24, 2.45) is 10.7 Å². The van der Waals surface area contributed by atoms with Gasteiger partial charge in [-0.1, -0.05) is 23.7 Å². The lowest BCUT2D eigenvalue weighted by molar-refractivity contribution is 0.962. The predicted octanol–water partition coefficient (Wildman–Crippen LogP) is 2.72. The fourth-order valence-electron chi connectivity index (χ4n) is 1.89. The monoisotopic (exact) mass is 303 g/mol. The van der Waals surface area contributed by atoms with Gasteiger partial charge in [0.05, 0.1) is 0 Å². The highest BCUT2D eigenvalue weighted by atomic mass is 35.5. The van der Waals surface area contributed by atoms with Crippen molar-refractivity contribution < 1.29 is 0 Å². The number of nitrogens with two attached hydrogens (primary N) is 1. The Morgan fingerprint density at radius 1 is 1.19 bits per heavy atom. The minimum atomic E-state index is 0.314. The molecule has 0 fully saturated rings. The van der Waals surface area contributed by atoms with Gasteiger partial charge in [-0.25, -0.2) is 9.97 Å². The molecule has 110 valence electrons.